The summed E-state index contributed by atoms with van der Waals surface area (Å²) in [6.45, 7) is 1.97. The lowest BCUT2D eigenvalue weighted by molar-refractivity contribution is 0.100. The SMILES string of the molecule is COc1ccc(-c2cc3c([nH]c4ccc(C(N)=O)cc43)c(C)n2)cc1. The minimum atomic E-state index is -0.433. The van der Waals surface area contributed by atoms with Gasteiger partial charge in [0.05, 0.1) is 24.0 Å². The summed E-state index contributed by atoms with van der Waals surface area (Å²) < 4.78 is 5.21. The highest BCUT2D eigenvalue weighted by Crippen LogP contribution is 2.31. The summed E-state index contributed by atoms with van der Waals surface area (Å²) >= 11 is 0. The van der Waals surface area contributed by atoms with Crippen LogP contribution >= 0.6 is 0 Å². The highest BCUT2D eigenvalue weighted by atomic mass is 16.5. The van der Waals surface area contributed by atoms with Crippen molar-refractivity contribution in [2.45, 2.75) is 6.92 Å². The zero-order valence-electron chi connectivity index (χ0n) is 14.0. The predicted octanol–water partition coefficient (Wildman–Crippen LogP) is 3.80. The third kappa shape index (κ3) is 2.50. The number of ether oxygens (including phenoxy) is 1. The van der Waals surface area contributed by atoms with Gasteiger partial charge in [-0.15, -0.1) is 0 Å². The average molecular weight is 331 g/mol. The number of pyridine rings is 1. The van der Waals surface area contributed by atoms with Gasteiger partial charge in [0, 0.05) is 27.4 Å². The van der Waals surface area contributed by atoms with Crippen molar-refractivity contribution in [3.8, 4) is 17.0 Å². The molecular formula is C20H17N3O2. The van der Waals surface area contributed by atoms with E-state index in [1.165, 1.54) is 0 Å². The number of rotatable bonds is 3. The number of aromatic amines is 1. The van der Waals surface area contributed by atoms with Gasteiger partial charge in [-0.3, -0.25) is 9.78 Å². The van der Waals surface area contributed by atoms with Crippen molar-refractivity contribution in [1.29, 1.82) is 0 Å². The molecule has 0 unspecified atom stereocenters. The van der Waals surface area contributed by atoms with Crippen molar-refractivity contribution in [3.05, 3.63) is 59.8 Å². The Morgan fingerprint density at radius 2 is 1.84 bits per heavy atom. The van der Waals surface area contributed by atoms with Crippen LogP contribution in [0.3, 0.4) is 0 Å². The smallest absolute Gasteiger partial charge is 0.248 e. The summed E-state index contributed by atoms with van der Waals surface area (Å²) in [5.74, 6) is 0.372. The minimum absolute atomic E-state index is 0.433. The molecule has 0 aliphatic heterocycles. The Bertz CT molecular complexity index is 1110. The number of hydrogen-bond acceptors (Lipinski definition) is 3. The van der Waals surface area contributed by atoms with E-state index in [1.54, 1.807) is 13.2 Å². The first-order valence-corrected chi connectivity index (χ1v) is 7.94. The molecule has 0 spiro atoms. The van der Waals surface area contributed by atoms with Gasteiger partial charge in [0.2, 0.25) is 5.91 Å². The number of hydrogen-bond donors (Lipinski definition) is 2. The molecule has 5 nitrogen and oxygen atoms in total. The molecule has 25 heavy (non-hydrogen) atoms. The molecular weight excluding hydrogens is 314 g/mol. The molecule has 3 N–H and O–H groups in total. The molecule has 4 rings (SSSR count). The highest BCUT2D eigenvalue weighted by Gasteiger charge is 2.12. The van der Waals surface area contributed by atoms with Gasteiger partial charge in [-0.1, -0.05) is 0 Å². The Morgan fingerprint density at radius 1 is 1.08 bits per heavy atom. The van der Waals surface area contributed by atoms with Crippen LogP contribution in [0.5, 0.6) is 5.75 Å². The fourth-order valence-corrected chi connectivity index (χ4v) is 3.12. The van der Waals surface area contributed by atoms with Crippen LogP contribution in [0.4, 0.5) is 0 Å². The number of fused-ring (bicyclic) bond motifs is 3. The van der Waals surface area contributed by atoms with Crippen molar-refractivity contribution < 1.29 is 9.53 Å². The number of carbonyl (C=O) groups is 1. The van der Waals surface area contributed by atoms with Crippen LogP contribution in [0, 0.1) is 6.92 Å². The van der Waals surface area contributed by atoms with Gasteiger partial charge in [-0.05, 0) is 55.5 Å². The summed E-state index contributed by atoms with van der Waals surface area (Å²) in [7, 11) is 1.64. The number of aromatic nitrogens is 2. The lowest BCUT2D eigenvalue weighted by Crippen LogP contribution is -2.10. The molecule has 0 saturated heterocycles. The Balaban J connectivity index is 1.96. The second-order valence-electron chi connectivity index (χ2n) is 5.99. The Kier molecular flexibility index (Phi) is 3.42. The van der Waals surface area contributed by atoms with Crippen LogP contribution in [-0.4, -0.2) is 23.0 Å². The molecule has 0 aliphatic carbocycles. The van der Waals surface area contributed by atoms with E-state index in [1.807, 2.05) is 49.4 Å². The van der Waals surface area contributed by atoms with E-state index in [0.29, 0.717) is 5.56 Å². The van der Waals surface area contributed by atoms with E-state index in [9.17, 15) is 4.79 Å². The predicted molar refractivity (Wildman–Crippen MR) is 98.8 cm³/mol. The highest BCUT2D eigenvalue weighted by molar-refractivity contribution is 6.11. The molecule has 2 aromatic heterocycles. The van der Waals surface area contributed by atoms with E-state index < -0.39 is 5.91 Å². The summed E-state index contributed by atoms with van der Waals surface area (Å²) in [5.41, 5.74) is 10.6. The number of nitrogens with zero attached hydrogens (tertiary/aromatic N) is 1. The molecule has 1 amide bonds. The number of primary amides is 1. The number of nitrogens with one attached hydrogen (secondary N) is 1. The van der Waals surface area contributed by atoms with Gasteiger partial charge in [-0.25, -0.2) is 0 Å². The molecule has 0 radical (unpaired) electrons. The van der Waals surface area contributed by atoms with Crippen LogP contribution in [0.15, 0.2) is 48.5 Å². The Morgan fingerprint density at radius 3 is 2.52 bits per heavy atom. The number of carbonyl (C=O) groups excluding carboxylic acids is 1. The maximum absolute atomic E-state index is 11.5. The first-order chi connectivity index (χ1) is 12.1. The van der Waals surface area contributed by atoms with Crippen LogP contribution < -0.4 is 10.5 Å². The van der Waals surface area contributed by atoms with Gasteiger partial charge >= 0.3 is 0 Å². The molecule has 0 saturated carbocycles. The molecule has 4 aromatic rings. The third-order valence-electron chi connectivity index (χ3n) is 4.44. The van der Waals surface area contributed by atoms with Gasteiger partial charge in [-0.2, -0.15) is 0 Å². The lowest BCUT2D eigenvalue weighted by atomic mass is 10.1. The fraction of sp³-hybridized carbons (Fsp3) is 0.100. The molecule has 124 valence electrons. The summed E-state index contributed by atoms with van der Waals surface area (Å²) in [6.07, 6.45) is 0. The Labute approximate surface area is 144 Å². The monoisotopic (exact) mass is 331 g/mol. The van der Waals surface area contributed by atoms with Gasteiger partial charge in [0.15, 0.2) is 0 Å². The van der Waals surface area contributed by atoms with Crippen LogP contribution in [-0.2, 0) is 0 Å². The number of amides is 1. The molecule has 0 atom stereocenters. The average Bonchev–Trinajstić information content (AvgIpc) is 3.00. The number of H-pyrrole nitrogens is 1. The largest absolute Gasteiger partial charge is 0.497 e. The van der Waals surface area contributed by atoms with Gasteiger partial charge in [0.1, 0.15) is 5.75 Å². The van der Waals surface area contributed by atoms with E-state index in [0.717, 1.165) is 44.5 Å². The molecule has 0 bridgehead atoms. The van der Waals surface area contributed by atoms with Crippen LogP contribution in [0.1, 0.15) is 16.1 Å². The first kappa shape index (κ1) is 15.2. The third-order valence-corrected chi connectivity index (χ3v) is 4.44. The van der Waals surface area contributed by atoms with Crippen molar-refractivity contribution in [1.82, 2.24) is 9.97 Å². The molecule has 0 aliphatic rings. The maximum Gasteiger partial charge on any atom is 0.248 e. The topological polar surface area (TPSA) is 81.0 Å². The number of nitrogens with two attached hydrogens (primary N) is 1. The Hall–Kier alpha value is -3.34. The van der Waals surface area contributed by atoms with Gasteiger partial charge in [0.25, 0.3) is 0 Å². The standard InChI is InChI=1S/C20H17N3O2/c1-11-19-16(15-9-13(20(21)24)5-8-17(15)23-19)10-18(22-11)12-3-6-14(25-2)7-4-12/h3-10,23H,1-2H3,(H2,21,24). The van der Waals surface area contributed by atoms with Crippen LogP contribution in [0.2, 0.25) is 0 Å². The number of benzene rings is 2. The van der Waals surface area contributed by atoms with Crippen molar-refractivity contribution in [3.63, 3.8) is 0 Å². The summed E-state index contributed by atoms with van der Waals surface area (Å²) in [6, 6.07) is 15.3. The zero-order chi connectivity index (χ0) is 17.6. The second-order valence-corrected chi connectivity index (χ2v) is 5.99. The summed E-state index contributed by atoms with van der Waals surface area (Å²) in [5, 5.41) is 1.99. The molecule has 2 heterocycles. The maximum atomic E-state index is 11.5. The number of methoxy groups -OCH3 is 1. The van der Waals surface area contributed by atoms with Crippen LogP contribution in [0.25, 0.3) is 33.1 Å². The first-order valence-electron chi connectivity index (χ1n) is 7.94. The number of aryl methyl sites for hydroxylation is 1. The zero-order valence-corrected chi connectivity index (χ0v) is 14.0. The van der Waals surface area contributed by atoms with E-state index in [2.05, 4.69) is 4.98 Å². The lowest BCUT2D eigenvalue weighted by Gasteiger charge is -2.05. The van der Waals surface area contributed by atoms with E-state index in [-0.39, 0.29) is 0 Å². The van der Waals surface area contributed by atoms with Crippen molar-refractivity contribution in [2.24, 2.45) is 5.73 Å². The molecule has 0 fully saturated rings. The van der Waals surface area contributed by atoms with Crippen molar-refractivity contribution in [2.75, 3.05) is 7.11 Å². The van der Waals surface area contributed by atoms with Gasteiger partial charge < -0.3 is 15.5 Å². The molecule has 5 heteroatoms. The van der Waals surface area contributed by atoms with E-state index >= 15 is 0 Å². The van der Waals surface area contributed by atoms with E-state index in [4.69, 9.17) is 15.5 Å². The quantitative estimate of drug-likeness (QED) is 0.599. The second kappa shape index (κ2) is 5.63. The minimum Gasteiger partial charge on any atom is -0.497 e. The normalized spacial score (nSPS) is 11.1. The van der Waals surface area contributed by atoms with Crippen molar-refractivity contribution >= 4 is 27.7 Å². The summed E-state index contributed by atoms with van der Waals surface area (Å²) in [4.78, 5) is 19.6. The fourth-order valence-electron chi connectivity index (χ4n) is 3.12. The molecule has 2 aromatic carbocycles.